The van der Waals surface area contributed by atoms with Crippen LogP contribution in [0.3, 0.4) is 0 Å². The number of methoxy groups -OCH3 is 1. The minimum atomic E-state index is -0.0603. The van der Waals surface area contributed by atoms with Crippen LogP contribution in [0, 0.1) is 0 Å². The maximum absolute atomic E-state index is 11.9. The average Bonchev–Trinajstić information content (AvgIpc) is 2.38. The molecule has 0 spiro atoms. The maximum Gasteiger partial charge on any atom is 0.239 e. The van der Waals surface area contributed by atoms with Gasteiger partial charge in [-0.2, -0.15) is 0 Å². The van der Waals surface area contributed by atoms with Gasteiger partial charge in [-0.25, -0.2) is 0 Å². The van der Waals surface area contributed by atoms with Crippen LogP contribution in [0.5, 0.6) is 0 Å². The van der Waals surface area contributed by atoms with Crippen LogP contribution in [0.15, 0.2) is 0 Å². The van der Waals surface area contributed by atoms with Crippen molar-refractivity contribution in [3.8, 4) is 0 Å². The fourth-order valence-electron chi connectivity index (χ4n) is 2.44. The van der Waals surface area contributed by atoms with E-state index in [4.69, 9.17) is 4.74 Å². The van der Waals surface area contributed by atoms with Gasteiger partial charge in [-0.1, -0.05) is 19.3 Å². The van der Waals surface area contributed by atoms with E-state index in [-0.39, 0.29) is 18.4 Å². The summed E-state index contributed by atoms with van der Waals surface area (Å²) in [7, 11) is 1.63. The summed E-state index contributed by atoms with van der Waals surface area (Å²) in [5.41, 5.74) is 0. The molecule has 0 atom stereocenters. The van der Waals surface area contributed by atoms with Gasteiger partial charge in [-0.15, -0.1) is 0 Å². The van der Waals surface area contributed by atoms with E-state index < -0.39 is 0 Å². The molecular weight excluding hydrogens is 244 g/mol. The maximum atomic E-state index is 11.9. The van der Waals surface area contributed by atoms with Crippen LogP contribution in [0.4, 0.5) is 0 Å². The van der Waals surface area contributed by atoms with Crippen molar-refractivity contribution in [2.24, 2.45) is 0 Å². The molecule has 1 aliphatic carbocycles. The third kappa shape index (κ3) is 6.57. The lowest BCUT2D eigenvalue weighted by atomic mass is 9.95. The Balaban J connectivity index is 2.31. The van der Waals surface area contributed by atoms with Crippen molar-refractivity contribution >= 4 is 11.8 Å². The molecule has 1 N–H and O–H groups in total. The zero-order valence-corrected chi connectivity index (χ0v) is 12.1. The number of hydrogen-bond acceptors (Lipinski definition) is 3. The van der Waals surface area contributed by atoms with E-state index in [0.29, 0.717) is 19.2 Å². The number of hydrogen-bond donors (Lipinski definition) is 1. The second-order valence-electron chi connectivity index (χ2n) is 5.19. The molecule has 5 heteroatoms. The Labute approximate surface area is 115 Å². The monoisotopic (exact) mass is 270 g/mol. The Morgan fingerprint density at radius 1 is 1.26 bits per heavy atom. The number of amides is 2. The fraction of sp³-hybridized carbons (Fsp3) is 0.857. The Hall–Kier alpha value is -1.10. The standard InChI is InChI=1S/C14H26N2O3/c1-12(17)16(9-6-10-19-2)11-14(18)15-13-7-4-3-5-8-13/h13H,3-11H2,1-2H3,(H,15,18). The van der Waals surface area contributed by atoms with Crippen LogP contribution in [0.25, 0.3) is 0 Å². The summed E-state index contributed by atoms with van der Waals surface area (Å²) in [6.45, 7) is 2.84. The molecule has 0 aromatic heterocycles. The molecule has 1 fully saturated rings. The Bertz CT molecular complexity index is 288. The first-order valence-electron chi connectivity index (χ1n) is 7.17. The molecule has 5 nitrogen and oxygen atoms in total. The number of nitrogens with one attached hydrogen (secondary N) is 1. The van der Waals surface area contributed by atoms with Gasteiger partial charge in [-0.05, 0) is 19.3 Å². The van der Waals surface area contributed by atoms with Gasteiger partial charge in [0, 0.05) is 33.2 Å². The van der Waals surface area contributed by atoms with E-state index in [2.05, 4.69) is 5.32 Å². The van der Waals surface area contributed by atoms with Gasteiger partial charge in [0.1, 0.15) is 0 Å². The van der Waals surface area contributed by atoms with Crippen LogP contribution < -0.4 is 5.32 Å². The molecule has 0 unspecified atom stereocenters. The van der Waals surface area contributed by atoms with Gasteiger partial charge in [-0.3, -0.25) is 9.59 Å². The quantitative estimate of drug-likeness (QED) is 0.710. The average molecular weight is 270 g/mol. The summed E-state index contributed by atoms with van der Waals surface area (Å²) < 4.78 is 4.96. The first-order valence-corrected chi connectivity index (χ1v) is 7.17. The highest BCUT2D eigenvalue weighted by Gasteiger charge is 2.18. The molecule has 0 bridgehead atoms. The van der Waals surface area contributed by atoms with Gasteiger partial charge in [0.15, 0.2) is 0 Å². The lowest BCUT2D eigenvalue weighted by molar-refractivity contribution is -0.134. The molecule has 0 aromatic carbocycles. The molecule has 0 heterocycles. The van der Waals surface area contributed by atoms with Gasteiger partial charge in [0.2, 0.25) is 11.8 Å². The van der Waals surface area contributed by atoms with E-state index in [1.807, 2.05) is 0 Å². The second-order valence-corrected chi connectivity index (χ2v) is 5.19. The van der Waals surface area contributed by atoms with Crippen LogP contribution >= 0.6 is 0 Å². The number of nitrogens with zero attached hydrogens (tertiary/aromatic N) is 1. The van der Waals surface area contributed by atoms with Gasteiger partial charge < -0.3 is 15.0 Å². The van der Waals surface area contributed by atoms with E-state index in [1.54, 1.807) is 12.0 Å². The molecule has 1 saturated carbocycles. The van der Waals surface area contributed by atoms with E-state index >= 15 is 0 Å². The van der Waals surface area contributed by atoms with Gasteiger partial charge in [0.05, 0.1) is 6.54 Å². The molecule has 110 valence electrons. The SMILES string of the molecule is COCCCN(CC(=O)NC1CCCCC1)C(C)=O. The van der Waals surface area contributed by atoms with E-state index in [0.717, 1.165) is 19.3 Å². The Morgan fingerprint density at radius 3 is 2.53 bits per heavy atom. The number of ether oxygens (including phenoxy) is 1. The second kappa shape index (κ2) is 8.91. The van der Waals surface area contributed by atoms with Crippen molar-refractivity contribution in [3.05, 3.63) is 0 Å². The fourth-order valence-corrected chi connectivity index (χ4v) is 2.44. The molecule has 1 aliphatic rings. The molecule has 1 rings (SSSR count). The molecule has 2 amide bonds. The highest BCUT2D eigenvalue weighted by atomic mass is 16.5. The van der Waals surface area contributed by atoms with Crippen molar-refractivity contribution < 1.29 is 14.3 Å². The van der Waals surface area contributed by atoms with Crippen molar-refractivity contribution in [2.45, 2.75) is 51.5 Å². The molecule has 19 heavy (non-hydrogen) atoms. The molecule has 0 aromatic rings. The lowest BCUT2D eigenvalue weighted by Gasteiger charge is -2.25. The first-order chi connectivity index (χ1) is 9.13. The third-order valence-electron chi connectivity index (χ3n) is 3.53. The van der Waals surface area contributed by atoms with Gasteiger partial charge >= 0.3 is 0 Å². The Morgan fingerprint density at radius 2 is 1.95 bits per heavy atom. The van der Waals surface area contributed by atoms with Crippen LogP contribution in [-0.4, -0.2) is 49.6 Å². The predicted molar refractivity (Wildman–Crippen MR) is 73.8 cm³/mol. The summed E-state index contributed by atoms with van der Waals surface area (Å²) in [4.78, 5) is 25.0. The summed E-state index contributed by atoms with van der Waals surface area (Å²) in [6.07, 6.45) is 6.53. The van der Waals surface area contributed by atoms with Crippen molar-refractivity contribution in [1.82, 2.24) is 10.2 Å². The molecule has 0 radical (unpaired) electrons. The van der Waals surface area contributed by atoms with Crippen molar-refractivity contribution in [2.75, 3.05) is 26.8 Å². The number of carbonyl (C=O) groups is 2. The van der Waals surface area contributed by atoms with Crippen LogP contribution in [0.1, 0.15) is 45.4 Å². The topological polar surface area (TPSA) is 58.6 Å². The molecule has 0 saturated heterocycles. The normalized spacial score (nSPS) is 16.1. The molecular formula is C14H26N2O3. The van der Waals surface area contributed by atoms with Gasteiger partial charge in [0.25, 0.3) is 0 Å². The highest BCUT2D eigenvalue weighted by Crippen LogP contribution is 2.17. The predicted octanol–water partition coefficient (Wildman–Crippen LogP) is 1.32. The van der Waals surface area contributed by atoms with E-state index in [9.17, 15) is 9.59 Å². The van der Waals surface area contributed by atoms with E-state index in [1.165, 1.54) is 26.2 Å². The number of carbonyl (C=O) groups excluding carboxylic acids is 2. The Kier molecular flexibility index (Phi) is 7.48. The van der Waals surface area contributed by atoms with Crippen LogP contribution in [-0.2, 0) is 14.3 Å². The minimum Gasteiger partial charge on any atom is -0.385 e. The first kappa shape index (κ1) is 16.0. The van der Waals surface area contributed by atoms with Crippen molar-refractivity contribution in [3.63, 3.8) is 0 Å². The third-order valence-corrected chi connectivity index (χ3v) is 3.53. The zero-order valence-electron chi connectivity index (χ0n) is 12.1. The van der Waals surface area contributed by atoms with Crippen LogP contribution in [0.2, 0.25) is 0 Å². The highest BCUT2D eigenvalue weighted by molar-refractivity contribution is 5.83. The summed E-state index contributed by atoms with van der Waals surface area (Å²) in [6, 6.07) is 0.300. The smallest absolute Gasteiger partial charge is 0.239 e. The summed E-state index contributed by atoms with van der Waals surface area (Å²) in [5, 5.41) is 3.03. The number of rotatable bonds is 7. The van der Waals surface area contributed by atoms with Crippen molar-refractivity contribution in [1.29, 1.82) is 0 Å². The minimum absolute atomic E-state index is 0.0421. The molecule has 0 aliphatic heterocycles. The summed E-state index contributed by atoms with van der Waals surface area (Å²) in [5.74, 6) is -0.102. The zero-order chi connectivity index (χ0) is 14.1. The lowest BCUT2D eigenvalue weighted by Crippen LogP contribution is -2.44. The largest absolute Gasteiger partial charge is 0.385 e. The summed E-state index contributed by atoms with van der Waals surface area (Å²) >= 11 is 0.